The maximum atomic E-state index is 13.0. The summed E-state index contributed by atoms with van der Waals surface area (Å²) in [5.41, 5.74) is 2.78. The van der Waals surface area contributed by atoms with E-state index < -0.39 is 11.7 Å². The number of alkyl halides is 3. The van der Waals surface area contributed by atoms with Crippen LogP contribution in [-0.2, 0) is 11.0 Å². The summed E-state index contributed by atoms with van der Waals surface area (Å²) in [5.74, 6) is 0.349. The number of hydrazone groups is 1. The van der Waals surface area contributed by atoms with Crippen LogP contribution < -0.4 is 10.2 Å². The van der Waals surface area contributed by atoms with Gasteiger partial charge in [0.15, 0.2) is 6.61 Å². The number of carbonyl (C=O) groups is 1. The van der Waals surface area contributed by atoms with Crippen molar-refractivity contribution in [2.24, 2.45) is 5.10 Å². The summed E-state index contributed by atoms with van der Waals surface area (Å²) in [4.78, 5) is 12.9. The third-order valence-electron chi connectivity index (χ3n) is 3.71. The third-order valence-corrected chi connectivity index (χ3v) is 3.71. The Morgan fingerprint density at radius 2 is 1.74 bits per heavy atom. The number of hydrogen-bond acceptors (Lipinski definition) is 4. The molecule has 0 aromatic heterocycles. The number of rotatable bonds is 6. The highest BCUT2D eigenvalue weighted by Crippen LogP contribution is 2.34. The van der Waals surface area contributed by atoms with Crippen molar-refractivity contribution >= 4 is 17.3 Å². The van der Waals surface area contributed by atoms with Crippen LogP contribution in [0.2, 0.25) is 0 Å². The second kappa shape index (κ2) is 8.57. The number of anilines is 1. The highest BCUT2D eigenvalue weighted by molar-refractivity contribution is 5.99. The van der Waals surface area contributed by atoms with E-state index in [0.717, 1.165) is 6.07 Å². The molecule has 0 aliphatic heterocycles. The summed E-state index contributed by atoms with van der Waals surface area (Å²) in [6.45, 7) is 1.60. The molecule has 0 unspecified atom stereocenters. The van der Waals surface area contributed by atoms with Crippen molar-refractivity contribution in [2.45, 2.75) is 13.1 Å². The first-order valence-electron chi connectivity index (χ1n) is 8.08. The molecule has 5 nitrogen and oxygen atoms in total. The molecule has 0 atom stereocenters. The van der Waals surface area contributed by atoms with Gasteiger partial charge < -0.3 is 9.64 Å². The van der Waals surface area contributed by atoms with Gasteiger partial charge in [-0.2, -0.15) is 18.3 Å². The molecule has 0 heterocycles. The maximum absolute atomic E-state index is 13.0. The summed E-state index contributed by atoms with van der Waals surface area (Å²) in [7, 11) is 3.27. The molecule has 0 saturated heterocycles. The average Bonchev–Trinajstić information content (AvgIpc) is 2.64. The quantitative estimate of drug-likeness (QED) is 0.610. The number of carbonyl (C=O) groups excluding carboxylic acids is 1. The normalized spacial score (nSPS) is 11.9. The number of halogens is 3. The smallest absolute Gasteiger partial charge is 0.418 e. The fraction of sp³-hybridized carbons (Fsp3) is 0.263. The van der Waals surface area contributed by atoms with Gasteiger partial charge in [-0.15, -0.1) is 0 Å². The lowest BCUT2D eigenvalue weighted by Crippen LogP contribution is -2.27. The van der Waals surface area contributed by atoms with Gasteiger partial charge in [0.25, 0.3) is 5.91 Å². The Labute approximate surface area is 155 Å². The van der Waals surface area contributed by atoms with E-state index in [0.29, 0.717) is 17.0 Å². The van der Waals surface area contributed by atoms with Crippen molar-refractivity contribution in [3.63, 3.8) is 0 Å². The first-order valence-corrected chi connectivity index (χ1v) is 8.08. The zero-order valence-corrected chi connectivity index (χ0v) is 15.2. The predicted molar refractivity (Wildman–Crippen MR) is 97.9 cm³/mol. The molecule has 2 aromatic carbocycles. The Hall–Kier alpha value is -3.03. The second-order valence-electron chi connectivity index (χ2n) is 5.95. The molecule has 2 rings (SSSR count). The van der Waals surface area contributed by atoms with E-state index >= 15 is 0 Å². The minimum atomic E-state index is -4.46. The van der Waals surface area contributed by atoms with Crippen LogP contribution in [0.3, 0.4) is 0 Å². The summed E-state index contributed by atoms with van der Waals surface area (Å²) >= 11 is 0. The van der Waals surface area contributed by atoms with E-state index in [2.05, 4.69) is 10.5 Å². The molecular weight excluding hydrogens is 359 g/mol. The van der Waals surface area contributed by atoms with E-state index in [1.165, 1.54) is 23.1 Å². The monoisotopic (exact) mass is 379 g/mol. The molecule has 1 N–H and O–H groups in total. The summed E-state index contributed by atoms with van der Waals surface area (Å²) in [6.07, 6.45) is -4.46. The molecule has 27 heavy (non-hydrogen) atoms. The number of nitrogens with zero attached hydrogens (tertiary/aromatic N) is 2. The molecule has 2 aromatic rings. The van der Waals surface area contributed by atoms with E-state index in [9.17, 15) is 18.0 Å². The van der Waals surface area contributed by atoms with Crippen LogP contribution in [0.4, 0.5) is 18.9 Å². The van der Waals surface area contributed by atoms with Gasteiger partial charge in [0.1, 0.15) is 5.75 Å². The van der Waals surface area contributed by atoms with E-state index in [-0.39, 0.29) is 18.2 Å². The molecular formula is C19H20F3N3O2. The Morgan fingerprint density at radius 1 is 1.11 bits per heavy atom. The molecule has 1 amide bonds. The van der Waals surface area contributed by atoms with E-state index in [1.54, 1.807) is 45.3 Å². The highest BCUT2D eigenvalue weighted by atomic mass is 19.4. The fourth-order valence-electron chi connectivity index (χ4n) is 2.10. The van der Waals surface area contributed by atoms with Crippen molar-refractivity contribution in [1.29, 1.82) is 0 Å². The lowest BCUT2D eigenvalue weighted by atomic mass is 10.1. The van der Waals surface area contributed by atoms with E-state index in [4.69, 9.17) is 4.74 Å². The number of para-hydroxylation sites is 1. The van der Waals surface area contributed by atoms with Crippen LogP contribution >= 0.6 is 0 Å². The molecule has 0 bridgehead atoms. The Balaban J connectivity index is 2.06. The van der Waals surface area contributed by atoms with Gasteiger partial charge in [0.2, 0.25) is 0 Å². The van der Waals surface area contributed by atoms with Gasteiger partial charge in [0, 0.05) is 14.1 Å². The molecule has 8 heteroatoms. The molecule has 0 aliphatic carbocycles. The van der Waals surface area contributed by atoms with Crippen LogP contribution in [0.25, 0.3) is 0 Å². The van der Waals surface area contributed by atoms with Gasteiger partial charge in [-0.05, 0) is 48.9 Å². The number of amides is 1. The number of hydrogen-bond donors (Lipinski definition) is 1. The number of nitrogens with one attached hydrogen (secondary N) is 1. The van der Waals surface area contributed by atoms with Crippen LogP contribution in [0.1, 0.15) is 18.1 Å². The largest absolute Gasteiger partial charge is 0.484 e. The van der Waals surface area contributed by atoms with Gasteiger partial charge in [-0.1, -0.05) is 12.1 Å². The van der Waals surface area contributed by atoms with Crippen molar-refractivity contribution in [2.75, 3.05) is 26.1 Å². The maximum Gasteiger partial charge on any atom is 0.418 e. The number of likely N-dealkylation sites (N-methyl/N-ethyl adjacent to an activating group) is 1. The zero-order valence-electron chi connectivity index (χ0n) is 15.2. The lowest BCUT2D eigenvalue weighted by Gasteiger charge is -2.13. The standard InChI is InChI=1S/C19H20F3N3O2/c1-13(23-24-17-7-5-4-6-16(17)19(20,21)22)14-8-10-15(11-9-14)27-12-18(26)25(2)3/h4-11,24H,12H2,1-3H3. The second-order valence-corrected chi connectivity index (χ2v) is 5.95. The Kier molecular flexibility index (Phi) is 6.44. The van der Waals surface area contributed by atoms with Crippen molar-refractivity contribution in [3.05, 3.63) is 59.7 Å². The van der Waals surface area contributed by atoms with Crippen LogP contribution in [-0.4, -0.2) is 37.2 Å². The molecule has 0 spiro atoms. The van der Waals surface area contributed by atoms with E-state index in [1.807, 2.05) is 0 Å². The highest BCUT2D eigenvalue weighted by Gasteiger charge is 2.33. The zero-order chi connectivity index (χ0) is 20.0. The minimum absolute atomic E-state index is 0.0742. The summed E-state index contributed by atoms with van der Waals surface area (Å²) < 4.78 is 44.3. The van der Waals surface area contributed by atoms with Crippen LogP contribution in [0.15, 0.2) is 53.6 Å². The first-order chi connectivity index (χ1) is 12.7. The molecule has 0 aliphatic rings. The lowest BCUT2D eigenvalue weighted by molar-refractivity contribution is -0.137. The predicted octanol–water partition coefficient (Wildman–Crippen LogP) is 4.01. The third kappa shape index (κ3) is 5.73. The Bertz CT molecular complexity index is 816. The fourth-order valence-corrected chi connectivity index (χ4v) is 2.10. The first kappa shape index (κ1) is 20.3. The molecule has 0 saturated carbocycles. The van der Waals surface area contributed by atoms with Gasteiger partial charge >= 0.3 is 6.18 Å². The van der Waals surface area contributed by atoms with Crippen molar-refractivity contribution in [1.82, 2.24) is 4.90 Å². The molecule has 144 valence electrons. The Morgan fingerprint density at radius 3 is 2.33 bits per heavy atom. The summed E-state index contributed by atoms with van der Waals surface area (Å²) in [5, 5.41) is 4.03. The SMILES string of the molecule is CC(=NNc1ccccc1C(F)(F)F)c1ccc(OCC(=O)N(C)C)cc1. The van der Waals surface area contributed by atoms with Crippen LogP contribution in [0.5, 0.6) is 5.75 Å². The number of benzene rings is 2. The van der Waals surface area contributed by atoms with Crippen molar-refractivity contribution in [3.8, 4) is 5.75 Å². The van der Waals surface area contributed by atoms with Crippen molar-refractivity contribution < 1.29 is 22.7 Å². The van der Waals surface area contributed by atoms with Crippen LogP contribution in [0, 0.1) is 0 Å². The van der Waals surface area contributed by atoms with Gasteiger partial charge in [-0.25, -0.2) is 0 Å². The summed E-state index contributed by atoms with van der Waals surface area (Å²) in [6, 6.07) is 11.9. The topological polar surface area (TPSA) is 53.9 Å². The minimum Gasteiger partial charge on any atom is -0.484 e. The van der Waals surface area contributed by atoms with Gasteiger partial charge in [-0.3, -0.25) is 10.2 Å². The number of ether oxygens (including phenoxy) is 1. The van der Waals surface area contributed by atoms with Gasteiger partial charge in [0.05, 0.1) is 17.0 Å². The average molecular weight is 379 g/mol. The molecule has 0 radical (unpaired) electrons. The molecule has 0 fully saturated rings.